The largest absolute Gasteiger partial charge is 0.467 e. The van der Waals surface area contributed by atoms with Crippen molar-refractivity contribution < 1.29 is 18.3 Å². The van der Waals surface area contributed by atoms with E-state index in [-0.39, 0.29) is 11.6 Å². The molecule has 1 N–H and O–H groups in total. The molecule has 0 bridgehead atoms. The van der Waals surface area contributed by atoms with Crippen LogP contribution in [0.15, 0.2) is 18.2 Å². The molecule has 0 radical (unpaired) electrons. The number of hydrogen-bond acceptors (Lipinski definition) is 3. The topological polar surface area (TPSA) is 38.3 Å². The van der Waals surface area contributed by atoms with E-state index in [2.05, 4.69) is 5.32 Å². The summed E-state index contributed by atoms with van der Waals surface area (Å²) in [5.41, 5.74) is -0.988. The summed E-state index contributed by atoms with van der Waals surface area (Å²) in [5.74, 6) is -1.98. The lowest BCUT2D eigenvalue weighted by molar-refractivity contribution is -0.148. The molecule has 0 heterocycles. The van der Waals surface area contributed by atoms with Gasteiger partial charge in [-0.2, -0.15) is 0 Å². The lowest BCUT2D eigenvalue weighted by atomic mass is 9.91. The maximum Gasteiger partial charge on any atom is 0.330 e. The number of carbonyl (C=O) groups excluding carboxylic acids is 1. The van der Waals surface area contributed by atoms with Crippen molar-refractivity contribution in [1.29, 1.82) is 0 Å². The van der Waals surface area contributed by atoms with Gasteiger partial charge < -0.3 is 4.74 Å². The molecule has 1 aliphatic carbocycles. The monoisotopic (exact) mass is 255 g/mol. The van der Waals surface area contributed by atoms with Crippen LogP contribution in [-0.2, 0) is 15.1 Å². The molecule has 98 valence electrons. The van der Waals surface area contributed by atoms with Gasteiger partial charge in [0, 0.05) is 12.1 Å². The summed E-state index contributed by atoms with van der Waals surface area (Å²) in [6.45, 7) is 1.57. The Hall–Kier alpha value is -1.49. The molecular formula is C13H15F2NO2. The van der Waals surface area contributed by atoms with Gasteiger partial charge in [0.25, 0.3) is 0 Å². The minimum atomic E-state index is -1.22. The van der Waals surface area contributed by atoms with Gasteiger partial charge in [0.05, 0.1) is 7.11 Å². The summed E-state index contributed by atoms with van der Waals surface area (Å²) >= 11 is 0. The molecule has 0 amide bonds. The summed E-state index contributed by atoms with van der Waals surface area (Å²) < 4.78 is 31.2. The van der Waals surface area contributed by atoms with Gasteiger partial charge in [0.15, 0.2) is 0 Å². The van der Waals surface area contributed by atoms with E-state index in [0.29, 0.717) is 0 Å². The Balaban J connectivity index is 2.40. The van der Waals surface area contributed by atoms with Crippen molar-refractivity contribution in [1.82, 2.24) is 5.32 Å². The first-order chi connectivity index (χ1) is 8.45. The fourth-order valence-corrected chi connectivity index (χ4v) is 1.94. The highest BCUT2D eigenvalue weighted by molar-refractivity contribution is 5.82. The fraction of sp³-hybridized carbons (Fsp3) is 0.462. The average Bonchev–Trinajstić information content (AvgIpc) is 3.10. The van der Waals surface area contributed by atoms with Crippen LogP contribution in [0.1, 0.15) is 25.3 Å². The Labute approximate surface area is 104 Å². The molecule has 1 fully saturated rings. The zero-order valence-corrected chi connectivity index (χ0v) is 10.3. The Morgan fingerprint density at radius 3 is 2.33 bits per heavy atom. The highest BCUT2D eigenvalue weighted by Gasteiger charge is 2.41. The van der Waals surface area contributed by atoms with E-state index in [4.69, 9.17) is 4.74 Å². The highest BCUT2D eigenvalue weighted by atomic mass is 19.1. The predicted molar refractivity (Wildman–Crippen MR) is 61.9 cm³/mol. The number of ether oxygens (including phenoxy) is 1. The number of nitrogens with one attached hydrogen (secondary N) is 1. The maximum absolute atomic E-state index is 13.3. The van der Waals surface area contributed by atoms with Gasteiger partial charge in [-0.05, 0) is 37.5 Å². The standard InChI is InChI=1S/C13H15F2NO2/c1-13(12(17)18-2,16-11-3-4-11)8-5-9(14)7-10(15)6-8/h5-7,11,16H,3-4H2,1-2H3. The van der Waals surface area contributed by atoms with E-state index in [1.54, 1.807) is 6.92 Å². The Bertz CT molecular complexity index is 454. The Morgan fingerprint density at radius 1 is 1.33 bits per heavy atom. The molecule has 1 saturated carbocycles. The zero-order chi connectivity index (χ0) is 13.3. The van der Waals surface area contributed by atoms with E-state index in [0.717, 1.165) is 31.0 Å². The van der Waals surface area contributed by atoms with Crippen LogP contribution in [0.3, 0.4) is 0 Å². The van der Waals surface area contributed by atoms with Crippen LogP contribution in [0.25, 0.3) is 0 Å². The summed E-state index contributed by atoms with van der Waals surface area (Å²) in [4.78, 5) is 11.9. The third-order valence-electron chi connectivity index (χ3n) is 3.10. The fourth-order valence-electron chi connectivity index (χ4n) is 1.94. The molecule has 0 aliphatic heterocycles. The van der Waals surface area contributed by atoms with Crippen LogP contribution >= 0.6 is 0 Å². The zero-order valence-electron chi connectivity index (χ0n) is 10.3. The smallest absolute Gasteiger partial charge is 0.330 e. The molecule has 1 aliphatic rings. The van der Waals surface area contributed by atoms with Crippen LogP contribution in [0.2, 0.25) is 0 Å². The lowest BCUT2D eigenvalue weighted by Gasteiger charge is -2.28. The molecule has 1 unspecified atom stereocenters. The second-order valence-corrected chi connectivity index (χ2v) is 4.69. The van der Waals surface area contributed by atoms with E-state index in [1.165, 1.54) is 7.11 Å². The molecule has 0 spiro atoms. The number of halogens is 2. The summed E-state index contributed by atoms with van der Waals surface area (Å²) in [6.07, 6.45) is 1.90. The van der Waals surface area contributed by atoms with Gasteiger partial charge in [0.2, 0.25) is 0 Å². The normalized spacial score (nSPS) is 18.2. The van der Waals surface area contributed by atoms with Crippen LogP contribution < -0.4 is 5.32 Å². The maximum atomic E-state index is 13.3. The first-order valence-corrected chi connectivity index (χ1v) is 5.78. The summed E-state index contributed by atoms with van der Waals surface area (Å²) in [5, 5.41) is 3.08. The minimum Gasteiger partial charge on any atom is -0.467 e. The van der Waals surface area contributed by atoms with Crippen molar-refractivity contribution in [3.8, 4) is 0 Å². The predicted octanol–water partition coefficient (Wildman–Crippen LogP) is 2.10. The van der Waals surface area contributed by atoms with Crippen molar-refractivity contribution >= 4 is 5.97 Å². The first-order valence-electron chi connectivity index (χ1n) is 5.78. The second-order valence-electron chi connectivity index (χ2n) is 4.69. The van der Waals surface area contributed by atoms with E-state index < -0.39 is 23.1 Å². The molecule has 0 saturated heterocycles. The highest BCUT2D eigenvalue weighted by Crippen LogP contribution is 2.30. The van der Waals surface area contributed by atoms with Gasteiger partial charge in [-0.1, -0.05) is 0 Å². The van der Waals surface area contributed by atoms with Crippen molar-refractivity contribution in [3.05, 3.63) is 35.4 Å². The molecule has 0 aromatic heterocycles. The molecule has 3 nitrogen and oxygen atoms in total. The molecule has 1 atom stereocenters. The number of hydrogen-bond donors (Lipinski definition) is 1. The molecule has 2 rings (SSSR count). The molecule has 18 heavy (non-hydrogen) atoms. The van der Waals surface area contributed by atoms with Crippen LogP contribution in [0.5, 0.6) is 0 Å². The molecular weight excluding hydrogens is 240 g/mol. The Morgan fingerprint density at radius 2 is 1.89 bits per heavy atom. The number of esters is 1. The third kappa shape index (κ3) is 2.51. The quantitative estimate of drug-likeness (QED) is 0.837. The molecule has 1 aromatic carbocycles. The summed E-state index contributed by atoms with van der Waals surface area (Å²) in [7, 11) is 1.25. The van der Waals surface area contributed by atoms with E-state index in [1.807, 2.05) is 0 Å². The van der Waals surface area contributed by atoms with E-state index in [9.17, 15) is 13.6 Å². The van der Waals surface area contributed by atoms with Crippen LogP contribution in [-0.4, -0.2) is 19.1 Å². The number of rotatable bonds is 4. The van der Waals surface area contributed by atoms with Crippen molar-refractivity contribution in [2.24, 2.45) is 0 Å². The second kappa shape index (κ2) is 4.65. The summed E-state index contributed by atoms with van der Waals surface area (Å²) in [6, 6.07) is 3.27. The lowest BCUT2D eigenvalue weighted by Crippen LogP contribution is -2.48. The minimum absolute atomic E-state index is 0.195. The third-order valence-corrected chi connectivity index (χ3v) is 3.10. The van der Waals surface area contributed by atoms with Crippen molar-refractivity contribution in [2.75, 3.05) is 7.11 Å². The van der Waals surface area contributed by atoms with Crippen LogP contribution in [0, 0.1) is 11.6 Å². The number of methoxy groups -OCH3 is 1. The van der Waals surface area contributed by atoms with Crippen molar-refractivity contribution in [3.63, 3.8) is 0 Å². The SMILES string of the molecule is COC(=O)C(C)(NC1CC1)c1cc(F)cc(F)c1. The van der Waals surface area contributed by atoms with Gasteiger partial charge in [-0.15, -0.1) is 0 Å². The van der Waals surface area contributed by atoms with Gasteiger partial charge in [-0.25, -0.2) is 13.6 Å². The van der Waals surface area contributed by atoms with E-state index >= 15 is 0 Å². The van der Waals surface area contributed by atoms with Gasteiger partial charge >= 0.3 is 5.97 Å². The van der Waals surface area contributed by atoms with Crippen molar-refractivity contribution in [2.45, 2.75) is 31.3 Å². The van der Waals surface area contributed by atoms with Gasteiger partial charge in [0.1, 0.15) is 17.2 Å². The van der Waals surface area contributed by atoms with Gasteiger partial charge in [-0.3, -0.25) is 5.32 Å². The number of benzene rings is 1. The Kier molecular flexibility index (Phi) is 3.34. The average molecular weight is 255 g/mol. The van der Waals surface area contributed by atoms with Crippen LogP contribution in [0.4, 0.5) is 8.78 Å². The molecule has 5 heteroatoms. The first kappa shape index (κ1) is 13.0. The number of carbonyl (C=O) groups is 1. The molecule has 1 aromatic rings.